The third kappa shape index (κ3) is 2.47. The van der Waals surface area contributed by atoms with Crippen LogP contribution < -0.4 is 5.32 Å². The third-order valence-corrected chi connectivity index (χ3v) is 5.69. The average molecular weight is 370 g/mol. The molecule has 1 heterocycles. The second kappa shape index (κ2) is 5.86. The number of hydrogen-bond acceptors (Lipinski definition) is 4. The molecule has 130 valence electrons. The normalized spacial score (nSPS) is 12.1. The number of anilines is 1. The lowest BCUT2D eigenvalue weighted by molar-refractivity contribution is 0.102. The number of ketones is 1. The predicted octanol–water partition coefficient (Wildman–Crippen LogP) is 5.07. The molecular weight excluding hydrogens is 356 g/mol. The SMILES string of the molecule is Cc1ccc2nc(NC(=O)c3cccc4c3-c3ccccc3C4=O)sc2c1. The third-order valence-electron chi connectivity index (χ3n) is 4.76. The van der Waals surface area contributed by atoms with E-state index >= 15 is 0 Å². The van der Waals surface area contributed by atoms with Crippen LogP contribution in [0.5, 0.6) is 0 Å². The van der Waals surface area contributed by atoms with Gasteiger partial charge in [0.15, 0.2) is 10.9 Å². The van der Waals surface area contributed by atoms with Gasteiger partial charge in [-0.2, -0.15) is 0 Å². The topological polar surface area (TPSA) is 59.1 Å². The highest BCUT2D eigenvalue weighted by atomic mass is 32.1. The average Bonchev–Trinajstić information content (AvgIpc) is 3.20. The Bertz CT molecular complexity index is 1260. The minimum atomic E-state index is -0.257. The van der Waals surface area contributed by atoms with Crippen LogP contribution in [0.4, 0.5) is 5.13 Å². The standard InChI is InChI=1S/C22H14N2O2S/c1-12-9-10-17-18(11-12)27-22(23-17)24-21(26)16-8-4-7-15-19(16)13-5-2-3-6-14(13)20(15)25/h2-11H,1H3,(H,23,24,26). The molecule has 0 aliphatic heterocycles. The Balaban J connectivity index is 1.56. The highest BCUT2D eigenvalue weighted by molar-refractivity contribution is 7.22. The Hall–Kier alpha value is -3.31. The van der Waals surface area contributed by atoms with Gasteiger partial charge in [-0.25, -0.2) is 4.98 Å². The van der Waals surface area contributed by atoms with Gasteiger partial charge in [-0.3, -0.25) is 14.9 Å². The summed E-state index contributed by atoms with van der Waals surface area (Å²) in [7, 11) is 0. The van der Waals surface area contributed by atoms with Crippen LogP contribution in [-0.4, -0.2) is 16.7 Å². The maximum absolute atomic E-state index is 13.0. The monoisotopic (exact) mass is 370 g/mol. The lowest BCUT2D eigenvalue weighted by Crippen LogP contribution is -2.13. The molecule has 3 aromatic carbocycles. The van der Waals surface area contributed by atoms with Gasteiger partial charge in [0, 0.05) is 22.3 Å². The van der Waals surface area contributed by atoms with Crippen LogP contribution in [0.3, 0.4) is 0 Å². The van der Waals surface area contributed by atoms with E-state index in [0.717, 1.165) is 21.3 Å². The molecule has 4 nitrogen and oxygen atoms in total. The number of nitrogens with zero attached hydrogens (tertiary/aromatic N) is 1. The van der Waals surface area contributed by atoms with Gasteiger partial charge in [0.1, 0.15) is 0 Å². The predicted molar refractivity (Wildman–Crippen MR) is 108 cm³/mol. The zero-order chi connectivity index (χ0) is 18.5. The van der Waals surface area contributed by atoms with Crippen molar-refractivity contribution in [3.05, 3.63) is 82.9 Å². The molecule has 4 aromatic rings. The number of carbonyl (C=O) groups excluding carboxylic acids is 2. The molecule has 1 aromatic heterocycles. The first kappa shape index (κ1) is 15.9. The first-order valence-corrected chi connectivity index (χ1v) is 9.39. The van der Waals surface area contributed by atoms with E-state index in [1.165, 1.54) is 11.3 Å². The Labute approximate surface area is 159 Å². The van der Waals surface area contributed by atoms with E-state index in [2.05, 4.69) is 16.4 Å². The minimum Gasteiger partial charge on any atom is -0.298 e. The van der Waals surface area contributed by atoms with Crippen LogP contribution in [0, 0.1) is 6.92 Å². The molecule has 0 saturated carbocycles. The van der Waals surface area contributed by atoms with E-state index in [1.807, 2.05) is 37.3 Å². The Morgan fingerprint density at radius 3 is 2.59 bits per heavy atom. The van der Waals surface area contributed by atoms with Gasteiger partial charge in [0.25, 0.3) is 5.91 Å². The molecule has 1 aliphatic carbocycles. The summed E-state index contributed by atoms with van der Waals surface area (Å²) in [4.78, 5) is 30.1. The Kier molecular flexibility index (Phi) is 3.45. The summed E-state index contributed by atoms with van der Waals surface area (Å²) < 4.78 is 1.03. The fraction of sp³-hybridized carbons (Fsp3) is 0.0455. The maximum atomic E-state index is 13.0. The zero-order valence-corrected chi connectivity index (χ0v) is 15.3. The lowest BCUT2D eigenvalue weighted by atomic mass is 9.99. The molecule has 1 N–H and O–H groups in total. The van der Waals surface area contributed by atoms with E-state index in [4.69, 9.17) is 0 Å². The summed E-state index contributed by atoms with van der Waals surface area (Å²) in [6.07, 6.45) is 0. The van der Waals surface area contributed by atoms with E-state index in [1.54, 1.807) is 24.3 Å². The molecule has 0 bridgehead atoms. The second-order valence-electron chi connectivity index (χ2n) is 6.55. The summed E-state index contributed by atoms with van der Waals surface area (Å²) in [5, 5.41) is 3.45. The number of nitrogens with one attached hydrogen (secondary N) is 1. The number of benzene rings is 3. The lowest BCUT2D eigenvalue weighted by Gasteiger charge is -2.08. The zero-order valence-electron chi connectivity index (χ0n) is 14.4. The highest BCUT2D eigenvalue weighted by Crippen LogP contribution is 2.39. The van der Waals surface area contributed by atoms with Crippen molar-refractivity contribution in [2.45, 2.75) is 6.92 Å². The summed E-state index contributed by atoms with van der Waals surface area (Å²) in [5.74, 6) is -0.294. The van der Waals surface area contributed by atoms with Crippen LogP contribution >= 0.6 is 11.3 Å². The number of aromatic nitrogens is 1. The van der Waals surface area contributed by atoms with Crippen LogP contribution in [0.15, 0.2) is 60.7 Å². The molecule has 5 rings (SSSR count). The van der Waals surface area contributed by atoms with Crippen molar-refractivity contribution in [3.63, 3.8) is 0 Å². The van der Waals surface area contributed by atoms with Crippen LogP contribution in [0.25, 0.3) is 21.3 Å². The van der Waals surface area contributed by atoms with Crippen molar-refractivity contribution in [2.24, 2.45) is 0 Å². The fourth-order valence-electron chi connectivity index (χ4n) is 3.51. The Morgan fingerprint density at radius 1 is 0.963 bits per heavy atom. The number of aryl methyl sites for hydroxylation is 1. The van der Waals surface area contributed by atoms with Crippen molar-refractivity contribution in [3.8, 4) is 11.1 Å². The van der Waals surface area contributed by atoms with Crippen molar-refractivity contribution >= 4 is 38.4 Å². The van der Waals surface area contributed by atoms with Crippen LogP contribution in [0.2, 0.25) is 0 Å². The molecule has 0 fully saturated rings. The molecule has 0 spiro atoms. The van der Waals surface area contributed by atoms with Crippen molar-refractivity contribution in [1.29, 1.82) is 0 Å². The van der Waals surface area contributed by atoms with Crippen molar-refractivity contribution in [2.75, 3.05) is 5.32 Å². The molecule has 0 radical (unpaired) electrons. The number of rotatable bonds is 2. The molecule has 1 aliphatic rings. The van der Waals surface area contributed by atoms with Gasteiger partial charge in [0.05, 0.1) is 10.2 Å². The molecule has 27 heavy (non-hydrogen) atoms. The molecule has 0 saturated heterocycles. The summed E-state index contributed by atoms with van der Waals surface area (Å²) >= 11 is 1.44. The van der Waals surface area contributed by atoms with Gasteiger partial charge in [-0.15, -0.1) is 0 Å². The summed E-state index contributed by atoms with van der Waals surface area (Å²) in [6.45, 7) is 2.03. The molecular formula is C22H14N2O2S. The first-order chi connectivity index (χ1) is 13.1. The van der Waals surface area contributed by atoms with Gasteiger partial charge in [-0.05, 0) is 36.2 Å². The largest absolute Gasteiger partial charge is 0.298 e. The highest BCUT2D eigenvalue weighted by Gasteiger charge is 2.30. The van der Waals surface area contributed by atoms with E-state index in [0.29, 0.717) is 27.4 Å². The van der Waals surface area contributed by atoms with Gasteiger partial charge in [-0.1, -0.05) is 53.8 Å². The fourth-order valence-corrected chi connectivity index (χ4v) is 4.47. The quantitative estimate of drug-likeness (QED) is 0.472. The molecule has 0 unspecified atom stereocenters. The number of hydrogen-bond donors (Lipinski definition) is 1. The minimum absolute atomic E-state index is 0.0364. The molecule has 0 atom stereocenters. The summed E-state index contributed by atoms with van der Waals surface area (Å²) in [6, 6.07) is 18.7. The van der Waals surface area contributed by atoms with Crippen molar-refractivity contribution < 1.29 is 9.59 Å². The number of fused-ring (bicyclic) bond motifs is 4. The van der Waals surface area contributed by atoms with Crippen molar-refractivity contribution in [1.82, 2.24) is 4.98 Å². The van der Waals surface area contributed by atoms with Crippen LogP contribution in [0.1, 0.15) is 31.8 Å². The molecule has 1 amide bonds. The Morgan fingerprint density at radius 2 is 1.74 bits per heavy atom. The van der Waals surface area contributed by atoms with Gasteiger partial charge >= 0.3 is 0 Å². The van der Waals surface area contributed by atoms with Gasteiger partial charge < -0.3 is 0 Å². The van der Waals surface area contributed by atoms with Crippen LogP contribution in [-0.2, 0) is 0 Å². The smallest absolute Gasteiger partial charge is 0.258 e. The second-order valence-corrected chi connectivity index (χ2v) is 7.58. The summed E-state index contributed by atoms with van der Waals surface area (Å²) in [5.41, 5.74) is 5.23. The molecule has 5 heteroatoms. The maximum Gasteiger partial charge on any atom is 0.258 e. The van der Waals surface area contributed by atoms with E-state index in [9.17, 15) is 9.59 Å². The first-order valence-electron chi connectivity index (χ1n) is 8.57. The number of thiazole rings is 1. The van der Waals surface area contributed by atoms with E-state index < -0.39 is 0 Å². The van der Waals surface area contributed by atoms with E-state index in [-0.39, 0.29) is 11.7 Å². The number of amides is 1. The number of carbonyl (C=O) groups is 2. The van der Waals surface area contributed by atoms with Gasteiger partial charge in [0.2, 0.25) is 0 Å².